The summed E-state index contributed by atoms with van der Waals surface area (Å²) in [6, 6.07) is 11.2. The lowest BCUT2D eigenvalue weighted by atomic mass is 10.1. The second-order valence-corrected chi connectivity index (χ2v) is 5.82. The molecule has 1 atom stereocenters. The van der Waals surface area contributed by atoms with Crippen molar-refractivity contribution in [2.24, 2.45) is 0 Å². The summed E-state index contributed by atoms with van der Waals surface area (Å²) in [6.07, 6.45) is 1.38. The number of rotatable bonds is 4. The van der Waals surface area contributed by atoms with E-state index in [4.69, 9.17) is 4.74 Å². The minimum Gasteiger partial charge on any atom is -0.381 e. The van der Waals surface area contributed by atoms with Crippen molar-refractivity contribution in [2.45, 2.75) is 31.8 Å². The van der Waals surface area contributed by atoms with Crippen molar-refractivity contribution in [3.8, 4) is 0 Å². The van der Waals surface area contributed by atoms with Gasteiger partial charge in [0.2, 0.25) is 0 Å². The van der Waals surface area contributed by atoms with Gasteiger partial charge in [-0.2, -0.15) is 0 Å². The van der Waals surface area contributed by atoms with E-state index in [-0.39, 0.29) is 23.3 Å². The minimum absolute atomic E-state index is 0.00909. The first kappa shape index (κ1) is 15.6. The van der Waals surface area contributed by atoms with E-state index in [1.54, 1.807) is 0 Å². The van der Waals surface area contributed by atoms with Gasteiger partial charge in [-0.1, -0.05) is 30.3 Å². The number of ether oxygens (including phenoxy) is 1. The molecule has 0 amide bonds. The van der Waals surface area contributed by atoms with Crippen LogP contribution < -0.4 is 16.6 Å². The van der Waals surface area contributed by atoms with E-state index >= 15 is 0 Å². The molecule has 0 spiro atoms. The number of aromatic amines is 1. The van der Waals surface area contributed by atoms with Crippen LogP contribution in [0.4, 0.5) is 5.82 Å². The summed E-state index contributed by atoms with van der Waals surface area (Å²) in [5.41, 5.74) is 0.442. The van der Waals surface area contributed by atoms with Gasteiger partial charge in [-0.05, 0) is 25.3 Å². The van der Waals surface area contributed by atoms with Gasteiger partial charge in [-0.3, -0.25) is 14.3 Å². The van der Waals surface area contributed by atoms with Crippen LogP contribution in [0.1, 0.15) is 37.4 Å². The van der Waals surface area contributed by atoms with E-state index in [0.29, 0.717) is 31.9 Å². The molecule has 1 fully saturated rings. The highest BCUT2D eigenvalue weighted by atomic mass is 16.5. The number of benzene rings is 1. The molecule has 0 saturated carbocycles. The fourth-order valence-electron chi connectivity index (χ4n) is 2.93. The molecule has 1 aromatic heterocycles. The first-order chi connectivity index (χ1) is 11.1. The van der Waals surface area contributed by atoms with E-state index in [0.717, 1.165) is 5.56 Å². The van der Waals surface area contributed by atoms with Gasteiger partial charge in [0, 0.05) is 31.4 Å². The molecule has 0 radical (unpaired) electrons. The van der Waals surface area contributed by atoms with Gasteiger partial charge in [0.25, 0.3) is 5.56 Å². The van der Waals surface area contributed by atoms with Gasteiger partial charge < -0.3 is 10.1 Å². The summed E-state index contributed by atoms with van der Waals surface area (Å²) < 4.78 is 6.59. The molecular formula is C17H21N3O3. The highest BCUT2D eigenvalue weighted by Gasteiger charge is 2.19. The Labute approximate surface area is 134 Å². The topological polar surface area (TPSA) is 76.1 Å². The lowest BCUT2D eigenvalue weighted by molar-refractivity contribution is 0.0674. The lowest BCUT2D eigenvalue weighted by Crippen LogP contribution is -2.40. The minimum atomic E-state index is -0.368. The highest BCUT2D eigenvalue weighted by molar-refractivity contribution is 5.36. The molecule has 1 aliphatic heterocycles. The Bertz CT molecular complexity index is 729. The number of hydrogen-bond acceptors (Lipinski definition) is 4. The van der Waals surface area contributed by atoms with Crippen LogP contribution in [0.15, 0.2) is 46.0 Å². The van der Waals surface area contributed by atoms with E-state index in [2.05, 4.69) is 10.3 Å². The van der Waals surface area contributed by atoms with Crippen LogP contribution >= 0.6 is 0 Å². The molecule has 6 nitrogen and oxygen atoms in total. The molecule has 1 aliphatic rings. The second kappa shape index (κ2) is 6.83. The zero-order valence-corrected chi connectivity index (χ0v) is 13.1. The monoisotopic (exact) mass is 315 g/mol. The van der Waals surface area contributed by atoms with Crippen LogP contribution in [0.2, 0.25) is 0 Å². The van der Waals surface area contributed by atoms with Crippen LogP contribution in [-0.4, -0.2) is 22.8 Å². The molecule has 23 heavy (non-hydrogen) atoms. The standard InChI is InChI=1S/C17H21N3O3/c1-12(13-5-3-2-4-6-13)18-15-11-16(21)20(17(22)19-15)14-7-9-23-10-8-14/h2-6,11-12,14,18H,7-10H2,1H3,(H,19,22)/t12-/m0/s1. The summed E-state index contributed by atoms with van der Waals surface area (Å²) in [6.45, 7) is 3.15. The molecular weight excluding hydrogens is 294 g/mol. The predicted molar refractivity (Wildman–Crippen MR) is 88.9 cm³/mol. The molecule has 2 heterocycles. The van der Waals surface area contributed by atoms with Crippen molar-refractivity contribution in [3.05, 3.63) is 62.8 Å². The molecule has 0 unspecified atom stereocenters. The van der Waals surface area contributed by atoms with Crippen molar-refractivity contribution >= 4 is 5.82 Å². The van der Waals surface area contributed by atoms with Crippen molar-refractivity contribution in [1.29, 1.82) is 0 Å². The maximum absolute atomic E-state index is 12.3. The largest absolute Gasteiger partial charge is 0.381 e. The SMILES string of the molecule is C[C@H](Nc1cc(=O)n(C2CCOCC2)c(=O)[nH]1)c1ccccc1. The number of anilines is 1. The van der Waals surface area contributed by atoms with E-state index in [1.807, 2.05) is 37.3 Å². The molecule has 1 saturated heterocycles. The summed E-state index contributed by atoms with van der Waals surface area (Å²) in [4.78, 5) is 27.4. The first-order valence-corrected chi connectivity index (χ1v) is 7.90. The van der Waals surface area contributed by atoms with Crippen LogP contribution in [0.25, 0.3) is 0 Å². The van der Waals surface area contributed by atoms with Crippen molar-refractivity contribution < 1.29 is 4.74 Å². The Morgan fingerprint density at radius 3 is 2.57 bits per heavy atom. The molecule has 122 valence electrons. The van der Waals surface area contributed by atoms with Crippen LogP contribution in [0.3, 0.4) is 0 Å². The first-order valence-electron chi connectivity index (χ1n) is 7.90. The average Bonchev–Trinajstić information content (AvgIpc) is 2.56. The molecule has 1 aromatic carbocycles. The predicted octanol–water partition coefficient (Wildman–Crippen LogP) is 2.06. The van der Waals surface area contributed by atoms with Gasteiger partial charge in [0.15, 0.2) is 0 Å². The molecule has 6 heteroatoms. The number of nitrogens with zero attached hydrogens (tertiary/aromatic N) is 1. The van der Waals surface area contributed by atoms with Gasteiger partial charge in [-0.25, -0.2) is 4.79 Å². The molecule has 2 aromatic rings. The van der Waals surface area contributed by atoms with Gasteiger partial charge in [0.1, 0.15) is 5.82 Å². The summed E-state index contributed by atoms with van der Waals surface area (Å²) in [5, 5.41) is 3.18. The zero-order chi connectivity index (χ0) is 16.2. The Balaban J connectivity index is 1.82. The van der Waals surface area contributed by atoms with Crippen LogP contribution in [-0.2, 0) is 4.74 Å². The Morgan fingerprint density at radius 1 is 1.22 bits per heavy atom. The number of hydrogen-bond donors (Lipinski definition) is 2. The van der Waals surface area contributed by atoms with Gasteiger partial charge in [-0.15, -0.1) is 0 Å². The fraction of sp³-hybridized carbons (Fsp3) is 0.412. The van der Waals surface area contributed by atoms with Crippen molar-refractivity contribution in [1.82, 2.24) is 9.55 Å². The van der Waals surface area contributed by atoms with E-state index in [9.17, 15) is 9.59 Å². The fourth-order valence-corrected chi connectivity index (χ4v) is 2.93. The van der Waals surface area contributed by atoms with Gasteiger partial charge >= 0.3 is 5.69 Å². The van der Waals surface area contributed by atoms with Crippen molar-refractivity contribution in [3.63, 3.8) is 0 Å². The molecule has 0 aliphatic carbocycles. The lowest BCUT2D eigenvalue weighted by Gasteiger charge is -2.23. The highest BCUT2D eigenvalue weighted by Crippen LogP contribution is 2.18. The summed E-state index contributed by atoms with van der Waals surface area (Å²) >= 11 is 0. The maximum atomic E-state index is 12.3. The number of nitrogens with one attached hydrogen (secondary N) is 2. The zero-order valence-electron chi connectivity index (χ0n) is 13.1. The van der Waals surface area contributed by atoms with E-state index in [1.165, 1.54) is 10.6 Å². The van der Waals surface area contributed by atoms with Crippen LogP contribution in [0, 0.1) is 0 Å². The third-order valence-corrected chi connectivity index (χ3v) is 4.19. The normalized spacial score (nSPS) is 16.9. The maximum Gasteiger partial charge on any atom is 0.330 e. The molecule has 0 bridgehead atoms. The Kier molecular flexibility index (Phi) is 4.62. The second-order valence-electron chi connectivity index (χ2n) is 5.82. The average molecular weight is 315 g/mol. The Morgan fingerprint density at radius 2 is 1.91 bits per heavy atom. The summed E-state index contributed by atoms with van der Waals surface area (Å²) in [5.74, 6) is 0.444. The summed E-state index contributed by atoms with van der Waals surface area (Å²) in [7, 11) is 0. The van der Waals surface area contributed by atoms with E-state index < -0.39 is 0 Å². The van der Waals surface area contributed by atoms with Gasteiger partial charge in [0.05, 0.1) is 0 Å². The smallest absolute Gasteiger partial charge is 0.330 e. The third-order valence-electron chi connectivity index (χ3n) is 4.19. The van der Waals surface area contributed by atoms with Crippen molar-refractivity contribution in [2.75, 3.05) is 18.5 Å². The molecule has 3 rings (SSSR count). The Hall–Kier alpha value is -2.34. The third kappa shape index (κ3) is 3.53. The molecule has 2 N–H and O–H groups in total. The number of H-pyrrole nitrogens is 1. The quantitative estimate of drug-likeness (QED) is 0.905. The number of aromatic nitrogens is 2. The van der Waals surface area contributed by atoms with Crippen LogP contribution in [0.5, 0.6) is 0 Å².